The number of rotatable bonds is 8. The van der Waals surface area contributed by atoms with Gasteiger partial charge < -0.3 is 20.3 Å². The minimum atomic E-state index is 0.116. The molecule has 0 spiro atoms. The maximum atomic E-state index is 12.2. The van der Waals surface area contributed by atoms with Crippen molar-refractivity contribution in [2.24, 2.45) is 5.92 Å². The van der Waals surface area contributed by atoms with Gasteiger partial charge in [0.1, 0.15) is 0 Å². The van der Waals surface area contributed by atoms with Crippen LogP contribution >= 0.6 is 0 Å². The van der Waals surface area contributed by atoms with E-state index in [2.05, 4.69) is 36.6 Å². The molecule has 5 heteroatoms. The van der Waals surface area contributed by atoms with Crippen LogP contribution in [0.1, 0.15) is 33.1 Å². The molecule has 1 aliphatic heterocycles. The van der Waals surface area contributed by atoms with Gasteiger partial charge in [-0.15, -0.1) is 0 Å². The van der Waals surface area contributed by atoms with Crippen molar-refractivity contribution < 1.29 is 9.53 Å². The average molecular weight is 285 g/mol. The van der Waals surface area contributed by atoms with Crippen molar-refractivity contribution in [2.75, 3.05) is 40.3 Å². The van der Waals surface area contributed by atoms with E-state index in [1.807, 2.05) is 6.92 Å². The maximum Gasteiger partial charge on any atom is 0.223 e. The number of ether oxygens (including phenoxy) is 1. The summed E-state index contributed by atoms with van der Waals surface area (Å²) in [5.74, 6) is 0.343. The lowest BCUT2D eigenvalue weighted by Crippen LogP contribution is -2.44. The van der Waals surface area contributed by atoms with E-state index < -0.39 is 0 Å². The molecule has 118 valence electrons. The third-order valence-electron chi connectivity index (χ3n) is 3.80. The fourth-order valence-electron chi connectivity index (χ4n) is 2.61. The zero-order chi connectivity index (χ0) is 15.0. The number of carbonyl (C=O) groups excluding carboxylic acids is 1. The lowest BCUT2D eigenvalue weighted by molar-refractivity contribution is -0.126. The number of piperidine rings is 1. The fourth-order valence-corrected chi connectivity index (χ4v) is 2.61. The van der Waals surface area contributed by atoms with Gasteiger partial charge in [-0.25, -0.2) is 0 Å². The van der Waals surface area contributed by atoms with Crippen LogP contribution in [-0.2, 0) is 9.53 Å². The van der Waals surface area contributed by atoms with Crippen molar-refractivity contribution in [1.29, 1.82) is 0 Å². The Labute approximate surface area is 123 Å². The van der Waals surface area contributed by atoms with Crippen LogP contribution in [0.3, 0.4) is 0 Å². The highest BCUT2D eigenvalue weighted by Crippen LogP contribution is 2.16. The molecule has 0 aliphatic carbocycles. The first kappa shape index (κ1) is 17.4. The maximum absolute atomic E-state index is 12.2. The molecule has 3 atom stereocenters. The Kier molecular flexibility index (Phi) is 8.11. The van der Waals surface area contributed by atoms with Gasteiger partial charge in [0.2, 0.25) is 5.91 Å². The predicted molar refractivity (Wildman–Crippen MR) is 81.8 cm³/mol. The molecule has 0 saturated carbocycles. The Hall–Kier alpha value is -0.650. The number of hydrogen-bond acceptors (Lipinski definition) is 4. The summed E-state index contributed by atoms with van der Waals surface area (Å²) in [5.41, 5.74) is 0. The Balaban J connectivity index is 2.31. The summed E-state index contributed by atoms with van der Waals surface area (Å²) < 4.78 is 5.70. The van der Waals surface area contributed by atoms with Gasteiger partial charge in [-0.3, -0.25) is 4.79 Å². The molecule has 20 heavy (non-hydrogen) atoms. The molecule has 0 radical (unpaired) electrons. The Morgan fingerprint density at radius 3 is 2.85 bits per heavy atom. The third kappa shape index (κ3) is 6.68. The van der Waals surface area contributed by atoms with Gasteiger partial charge in [-0.2, -0.15) is 0 Å². The highest BCUT2D eigenvalue weighted by atomic mass is 16.5. The van der Waals surface area contributed by atoms with Crippen molar-refractivity contribution in [2.45, 2.75) is 45.3 Å². The van der Waals surface area contributed by atoms with Gasteiger partial charge in [0.15, 0.2) is 0 Å². The quantitative estimate of drug-likeness (QED) is 0.694. The van der Waals surface area contributed by atoms with Crippen LogP contribution in [0, 0.1) is 5.92 Å². The summed E-state index contributed by atoms with van der Waals surface area (Å²) in [6.07, 6.45) is 2.94. The van der Waals surface area contributed by atoms with Crippen LogP contribution in [0.15, 0.2) is 0 Å². The molecule has 1 rings (SSSR count). The monoisotopic (exact) mass is 285 g/mol. The van der Waals surface area contributed by atoms with Gasteiger partial charge in [0.25, 0.3) is 0 Å². The van der Waals surface area contributed by atoms with E-state index in [1.54, 1.807) is 0 Å². The summed E-state index contributed by atoms with van der Waals surface area (Å²) in [7, 11) is 4.11. The lowest BCUT2D eigenvalue weighted by atomic mass is 9.92. The van der Waals surface area contributed by atoms with Gasteiger partial charge in [-0.1, -0.05) is 0 Å². The van der Waals surface area contributed by atoms with Crippen LogP contribution < -0.4 is 10.6 Å². The first-order chi connectivity index (χ1) is 9.52. The minimum absolute atomic E-state index is 0.116. The van der Waals surface area contributed by atoms with Gasteiger partial charge in [0, 0.05) is 31.7 Å². The first-order valence-corrected chi connectivity index (χ1v) is 7.80. The first-order valence-electron chi connectivity index (χ1n) is 7.80. The van der Waals surface area contributed by atoms with E-state index in [1.165, 1.54) is 0 Å². The van der Waals surface area contributed by atoms with Crippen LogP contribution in [0.2, 0.25) is 0 Å². The average Bonchev–Trinajstić information content (AvgIpc) is 2.41. The van der Waals surface area contributed by atoms with E-state index in [0.29, 0.717) is 19.2 Å². The number of carbonyl (C=O) groups is 1. The standard InChI is InChI=1S/C15H31N3O2/c1-5-20-14(7-9-18(3)4)11-17-15(19)13-6-8-16-12(2)10-13/h12-14,16H,5-11H2,1-4H3,(H,17,19)/t12-,13-,14?/m0/s1. The fraction of sp³-hybridized carbons (Fsp3) is 0.933. The van der Waals surface area contributed by atoms with E-state index in [4.69, 9.17) is 4.74 Å². The second-order valence-corrected chi connectivity index (χ2v) is 5.99. The Morgan fingerprint density at radius 1 is 1.50 bits per heavy atom. The molecule has 1 fully saturated rings. The second-order valence-electron chi connectivity index (χ2n) is 5.99. The summed E-state index contributed by atoms with van der Waals surface area (Å²) in [6.45, 7) is 7.37. The van der Waals surface area contributed by atoms with E-state index in [-0.39, 0.29) is 17.9 Å². The number of hydrogen-bond donors (Lipinski definition) is 2. The zero-order valence-electron chi connectivity index (χ0n) is 13.4. The van der Waals surface area contributed by atoms with Crippen LogP contribution in [0.5, 0.6) is 0 Å². The molecule has 5 nitrogen and oxygen atoms in total. The van der Waals surface area contributed by atoms with Crippen LogP contribution in [-0.4, -0.2) is 63.3 Å². The Bertz CT molecular complexity index is 284. The van der Waals surface area contributed by atoms with Gasteiger partial charge in [-0.05, 0) is 53.8 Å². The van der Waals surface area contributed by atoms with Crippen LogP contribution in [0.4, 0.5) is 0 Å². The molecule has 1 saturated heterocycles. The van der Waals surface area contributed by atoms with Crippen molar-refractivity contribution in [3.8, 4) is 0 Å². The second kappa shape index (κ2) is 9.32. The van der Waals surface area contributed by atoms with Crippen molar-refractivity contribution in [3.63, 3.8) is 0 Å². The highest BCUT2D eigenvalue weighted by molar-refractivity contribution is 5.78. The van der Waals surface area contributed by atoms with E-state index in [0.717, 1.165) is 32.4 Å². The molecule has 0 bridgehead atoms. The van der Waals surface area contributed by atoms with E-state index in [9.17, 15) is 4.79 Å². The minimum Gasteiger partial charge on any atom is -0.377 e. The number of nitrogens with one attached hydrogen (secondary N) is 2. The van der Waals surface area contributed by atoms with E-state index >= 15 is 0 Å². The van der Waals surface area contributed by atoms with Crippen molar-refractivity contribution >= 4 is 5.91 Å². The molecule has 0 aromatic rings. The topological polar surface area (TPSA) is 53.6 Å². The SMILES string of the molecule is CCOC(CCN(C)C)CNC(=O)[C@H]1CCN[C@@H](C)C1. The normalized spacial score (nSPS) is 24.6. The molecule has 1 amide bonds. The third-order valence-corrected chi connectivity index (χ3v) is 3.80. The molecule has 1 heterocycles. The highest BCUT2D eigenvalue weighted by Gasteiger charge is 2.25. The van der Waals surface area contributed by atoms with Gasteiger partial charge >= 0.3 is 0 Å². The molecule has 1 unspecified atom stereocenters. The van der Waals surface area contributed by atoms with Crippen molar-refractivity contribution in [1.82, 2.24) is 15.5 Å². The molecule has 1 aliphatic rings. The molecular formula is C15H31N3O2. The summed E-state index contributed by atoms with van der Waals surface area (Å²) in [4.78, 5) is 14.3. The smallest absolute Gasteiger partial charge is 0.223 e. The summed E-state index contributed by atoms with van der Waals surface area (Å²) in [5, 5.41) is 6.45. The van der Waals surface area contributed by atoms with Crippen molar-refractivity contribution in [3.05, 3.63) is 0 Å². The molecular weight excluding hydrogens is 254 g/mol. The molecule has 2 N–H and O–H groups in total. The number of nitrogens with zero attached hydrogens (tertiary/aromatic N) is 1. The zero-order valence-corrected chi connectivity index (χ0v) is 13.4. The summed E-state index contributed by atoms with van der Waals surface area (Å²) >= 11 is 0. The summed E-state index contributed by atoms with van der Waals surface area (Å²) in [6, 6.07) is 0.441. The van der Waals surface area contributed by atoms with Crippen LogP contribution in [0.25, 0.3) is 0 Å². The van der Waals surface area contributed by atoms with Gasteiger partial charge in [0.05, 0.1) is 6.10 Å². The largest absolute Gasteiger partial charge is 0.377 e. The Morgan fingerprint density at radius 2 is 2.25 bits per heavy atom. The lowest BCUT2D eigenvalue weighted by Gasteiger charge is -2.28. The molecule has 0 aromatic heterocycles. The predicted octanol–water partition coefficient (Wildman–Crippen LogP) is 0.848. The molecule has 0 aromatic carbocycles. The number of amides is 1.